The number of fused-ring (bicyclic) bond motifs is 1. The molecule has 2 aromatic carbocycles. The Labute approximate surface area is 174 Å². The molecular formula is C22H25N3O5. The van der Waals surface area contributed by atoms with Gasteiger partial charge in [0.05, 0.1) is 12.6 Å². The molecule has 1 aliphatic heterocycles. The number of nitrogens with zero attached hydrogens (tertiary/aromatic N) is 3. The molecule has 1 aliphatic rings. The highest BCUT2D eigenvalue weighted by Crippen LogP contribution is 2.31. The summed E-state index contributed by atoms with van der Waals surface area (Å²) in [5.74, 6) is 1.30. The number of likely N-dealkylation sites (N-methyl/N-ethyl adjacent to an activating group) is 1. The summed E-state index contributed by atoms with van der Waals surface area (Å²) < 4.78 is 18.0. The number of hydrogen-bond donors (Lipinski definition) is 1. The summed E-state index contributed by atoms with van der Waals surface area (Å²) in [5.41, 5.74) is 0.759. The first-order chi connectivity index (χ1) is 14.6. The first-order valence-corrected chi connectivity index (χ1v) is 10.0. The molecule has 2 heterocycles. The number of ether oxygens (including phenoxy) is 2. The molecule has 4 rings (SSSR count). The largest absolute Gasteiger partial charge is 0.486 e. The Balaban J connectivity index is 1.38. The van der Waals surface area contributed by atoms with Gasteiger partial charge in [0.2, 0.25) is 0 Å². The first-order valence-electron chi connectivity index (χ1n) is 10.0. The van der Waals surface area contributed by atoms with Crippen LogP contribution in [0.4, 0.5) is 0 Å². The lowest BCUT2D eigenvalue weighted by molar-refractivity contribution is 0.0383. The third-order valence-corrected chi connectivity index (χ3v) is 5.06. The van der Waals surface area contributed by atoms with E-state index in [-0.39, 0.29) is 12.6 Å². The van der Waals surface area contributed by atoms with E-state index in [4.69, 9.17) is 14.0 Å². The van der Waals surface area contributed by atoms with E-state index < -0.39 is 11.9 Å². The highest BCUT2D eigenvalue weighted by atomic mass is 16.6. The zero-order chi connectivity index (χ0) is 20.9. The summed E-state index contributed by atoms with van der Waals surface area (Å²) in [6.07, 6.45) is -0.911. The van der Waals surface area contributed by atoms with Crippen molar-refractivity contribution in [1.82, 2.24) is 14.6 Å². The summed E-state index contributed by atoms with van der Waals surface area (Å²) in [6.45, 7) is 4.27. The molecule has 0 bridgehead atoms. The van der Waals surface area contributed by atoms with Gasteiger partial charge in [-0.1, -0.05) is 54.5 Å². The van der Waals surface area contributed by atoms with Gasteiger partial charge in [-0.05, 0) is 18.7 Å². The van der Waals surface area contributed by atoms with Crippen LogP contribution in [0.3, 0.4) is 0 Å². The molecule has 0 spiro atoms. The minimum absolute atomic E-state index is 0.0912. The molecule has 2 atom stereocenters. The van der Waals surface area contributed by atoms with Gasteiger partial charge in [-0.25, -0.2) is 4.79 Å². The Hall–Kier alpha value is -3.10. The topological polar surface area (TPSA) is 90.0 Å². The van der Waals surface area contributed by atoms with E-state index in [1.54, 1.807) is 0 Å². The van der Waals surface area contributed by atoms with E-state index in [1.165, 1.54) is 4.57 Å². The molecule has 158 valence electrons. The van der Waals surface area contributed by atoms with Crippen molar-refractivity contribution in [3.63, 3.8) is 0 Å². The van der Waals surface area contributed by atoms with Crippen LogP contribution in [0, 0.1) is 0 Å². The molecule has 0 fully saturated rings. The highest BCUT2D eigenvalue weighted by Gasteiger charge is 2.24. The van der Waals surface area contributed by atoms with Crippen LogP contribution in [0.25, 0.3) is 11.4 Å². The predicted octanol–water partition coefficient (Wildman–Crippen LogP) is 2.03. The Morgan fingerprint density at radius 2 is 1.90 bits per heavy atom. The number of aromatic nitrogens is 2. The first kappa shape index (κ1) is 20.2. The maximum absolute atomic E-state index is 12.1. The number of aliphatic hydroxyl groups excluding tert-OH is 1. The van der Waals surface area contributed by atoms with Gasteiger partial charge < -0.3 is 14.6 Å². The van der Waals surface area contributed by atoms with Crippen molar-refractivity contribution in [3.8, 4) is 22.9 Å². The van der Waals surface area contributed by atoms with Crippen molar-refractivity contribution in [2.24, 2.45) is 0 Å². The standard InChI is InChI=1S/C22H25N3O5/c1-2-24(14-18-15-28-19-10-6-7-11-20(19)29-18)12-17(26)13-25-21(23-30-22(25)27)16-8-4-3-5-9-16/h3-11,17-18,26H,2,12-15H2,1H3. The maximum Gasteiger partial charge on any atom is 0.441 e. The van der Waals surface area contributed by atoms with Crippen molar-refractivity contribution >= 4 is 0 Å². The van der Waals surface area contributed by atoms with Gasteiger partial charge >= 0.3 is 5.76 Å². The van der Waals surface area contributed by atoms with Crippen LogP contribution in [-0.4, -0.2) is 58.2 Å². The van der Waals surface area contributed by atoms with Crippen molar-refractivity contribution in [2.45, 2.75) is 25.7 Å². The van der Waals surface area contributed by atoms with E-state index in [2.05, 4.69) is 10.1 Å². The third kappa shape index (κ3) is 4.55. The summed E-state index contributed by atoms with van der Waals surface area (Å²) in [7, 11) is 0. The number of hydrogen-bond acceptors (Lipinski definition) is 7. The average molecular weight is 411 g/mol. The van der Waals surface area contributed by atoms with Crippen molar-refractivity contribution in [1.29, 1.82) is 0 Å². The number of para-hydroxylation sites is 2. The highest BCUT2D eigenvalue weighted by molar-refractivity contribution is 5.54. The molecule has 0 saturated carbocycles. The maximum atomic E-state index is 12.1. The van der Waals surface area contributed by atoms with Crippen LogP contribution in [0.5, 0.6) is 11.5 Å². The van der Waals surface area contributed by atoms with Gasteiger partial charge in [0.25, 0.3) is 0 Å². The van der Waals surface area contributed by atoms with Gasteiger partial charge in [0.1, 0.15) is 12.7 Å². The molecule has 8 nitrogen and oxygen atoms in total. The van der Waals surface area contributed by atoms with Crippen molar-refractivity contribution in [3.05, 3.63) is 65.1 Å². The van der Waals surface area contributed by atoms with Gasteiger partial charge in [0.15, 0.2) is 17.3 Å². The number of aliphatic hydroxyl groups is 1. The monoisotopic (exact) mass is 411 g/mol. The second-order valence-corrected chi connectivity index (χ2v) is 7.25. The molecule has 3 aromatic rings. The summed E-state index contributed by atoms with van der Waals surface area (Å²) >= 11 is 0. The molecular weight excluding hydrogens is 386 g/mol. The number of rotatable bonds is 8. The van der Waals surface area contributed by atoms with Gasteiger partial charge in [-0.2, -0.15) is 0 Å². The zero-order valence-electron chi connectivity index (χ0n) is 16.8. The molecule has 0 saturated heterocycles. The van der Waals surface area contributed by atoms with Crippen LogP contribution < -0.4 is 15.2 Å². The summed E-state index contributed by atoms with van der Waals surface area (Å²) in [5, 5.41) is 14.5. The average Bonchev–Trinajstić information content (AvgIpc) is 3.13. The Kier molecular flexibility index (Phi) is 6.15. The fourth-order valence-corrected chi connectivity index (χ4v) is 3.56. The van der Waals surface area contributed by atoms with E-state index >= 15 is 0 Å². The molecule has 0 aliphatic carbocycles. The minimum atomic E-state index is -0.777. The molecule has 0 radical (unpaired) electrons. The van der Waals surface area contributed by atoms with Gasteiger partial charge in [-0.3, -0.25) is 14.0 Å². The molecule has 1 N–H and O–H groups in total. The Morgan fingerprint density at radius 1 is 1.17 bits per heavy atom. The van der Waals surface area contributed by atoms with Crippen LogP contribution in [-0.2, 0) is 6.54 Å². The van der Waals surface area contributed by atoms with Crippen LogP contribution in [0.2, 0.25) is 0 Å². The number of benzene rings is 2. The van der Waals surface area contributed by atoms with E-state index in [0.717, 1.165) is 23.6 Å². The zero-order valence-corrected chi connectivity index (χ0v) is 16.8. The van der Waals surface area contributed by atoms with Crippen LogP contribution in [0.1, 0.15) is 6.92 Å². The van der Waals surface area contributed by atoms with E-state index in [0.29, 0.717) is 25.5 Å². The fourth-order valence-electron chi connectivity index (χ4n) is 3.56. The lowest BCUT2D eigenvalue weighted by Crippen LogP contribution is -2.44. The van der Waals surface area contributed by atoms with E-state index in [1.807, 2.05) is 61.5 Å². The normalized spacial score (nSPS) is 16.6. The molecule has 1 aromatic heterocycles. The SMILES string of the molecule is CCN(CC(O)Cn1c(-c2ccccc2)noc1=O)CC1COc2ccccc2O1. The molecule has 8 heteroatoms. The molecule has 0 amide bonds. The second kappa shape index (κ2) is 9.15. The lowest BCUT2D eigenvalue weighted by Gasteiger charge is -2.31. The second-order valence-electron chi connectivity index (χ2n) is 7.25. The fraction of sp³-hybridized carbons (Fsp3) is 0.364. The van der Waals surface area contributed by atoms with Crippen molar-refractivity contribution in [2.75, 3.05) is 26.2 Å². The third-order valence-electron chi connectivity index (χ3n) is 5.06. The van der Waals surface area contributed by atoms with Crippen LogP contribution in [0.15, 0.2) is 63.9 Å². The van der Waals surface area contributed by atoms with Gasteiger partial charge in [-0.15, -0.1) is 0 Å². The van der Waals surface area contributed by atoms with Gasteiger partial charge in [0, 0.05) is 18.7 Å². The summed E-state index contributed by atoms with van der Waals surface area (Å²) in [4.78, 5) is 14.2. The lowest BCUT2D eigenvalue weighted by atomic mass is 10.2. The Bertz CT molecular complexity index is 1020. The molecule has 2 unspecified atom stereocenters. The smallest absolute Gasteiger partial charge is 0.441 e. The minimum Gasteiger partial charge on any atom is -0.486 e. The van der Waals surface area contributed by atoms with Crippen LogP contribution >= 0.6 is 0 Å². The predicted molar refractivity (Wildman–Crippen MR) is 111 cm³/mol. The van der Waals surface area contributed by atoms with E-state index in [9.17, 15) is 9.90 Å². The Morgan fingerprint density at radius 3 is 2.67 bits per heavy atom. The molecule has 30 heavy (non-hydrogen) atoms. The summed E-state index contributed by atoms with van der Waals surface area (Å²) in [6, 6.07) is 16.9. The van der Waals surface area contributed by atoms with Crippen molar-refractivity contribution < 1.29 is 19.1 Å². The quantitative estimate of drug-likeness (QED) is 0.607.